The highest BCUT2D eigenvalue weighted by molar-refractivity contribution is 5.93. The van der Waals surface area contributed by atoms with Gasteiger partial charge < -0.3 is 11.1 Å². The lowest BCUT2D eigenvalue weighted by Crippen LogP contribution is -2.38. The van der Waals surface area contributed by atoms with Crippen molar-refractivity contribution in [3.05, 3.63) is 34.9 Å². The topological polar surface area (TPSA) is 58.4 Å². The van der Waals surface area contributed by atoms with E-state index >= 15 is 0 Å². The maximum atomic E-state index is 11.2. The second-order valence-electron chi connectivity index (χ2n) is 6.46. The number of nitrogens with two attached hydrogens (primary N) is 1. The Balaban J connectivity index is 1.68. The Labute approximate surface area is 126 Å². The van der Waals surface area contributed by atoms with Crippen LogP contribution >= 0.6 is 0 Å². The van der Waals surface area contributed by atoms with Crippen molar-refractivity contribution in [2.24, 2.45) is 5.73 Å². The molecule has 2 aliphatic rings. The van der Waals surface area contributed by atoms with Gasteiger partial charge >= 0.3 is 0 Å². The van der Waals surface area contributed by atoms with Crippen LogP contribution < -0.4 is 11.1 Å². The molecule has 4 heteroatoms. The van der Waals surface area contributed by atoms with Gasteiger partial charge in [0.1, 0.15) is 0 Å². The second kappa shape index (κ2) is 6.16. The van der Waals surface area contributed by atoms with Gasteiger partial charge in [0.15, 0.2) is 0 Å². The van der Waals surface area contributed by atoms with E-state index in [9.17, 15) is 4.79 Å². The third kappa shape index (κ3) is 3.63. The maximum Gasteiger partial charge on any atom is 0.248 e. The van der Waals surface area contributed by atoms with Crippen molar-refractivity contribution in [2.75, 3.05) is 13.1 Å². The molecule has 1 heterocycles. The van der Waals surface area contributed by atoms with Crippen LogP contribution in [0.2, 0.25) is 0 Å². The molecule has 4 nitrogen and oxygen atoms in total. The Morgan fingerprint density at radius 3 is 2.76 bits per heavy atom. The van der Waals surface area contributed by atoms with Gasteiger partial charge in [-0.3, -0.25) is 9.69 Å². The summed E-state index contributed by atoms with van der Waals surface area (Å²) in [5, 5.41) is 3.59. The van der Waals surface area contributed by atoms with E-state index in [1.54, 1.807) is 0 Å². The zero-order valence-corrected chi connectivity index (χ0v) is 12.8. The number of nitrogens with one attached hydrogen (secondary N) is 1. The van der Waals surface area contributed by atoms with Crippen molar-refractivity contribution >= 4 is 5.91 Å². The summed E-state index contributed by atoms with van der Waals surface area (Å²) in [6.07, 6.45) is 5.24. The number of hydrogen-bond donors (Lipinski definition) is 2. The minimum atomic E-state index is -0.348. The Hall–Kier alpha value is -1.39. The number of carbonyl (C=O) groups excluding carboxylic acids is 1. The molecule has 0 radical (unpaired) electrons. The lowest BCUT2D eigenvalue weighted by atomic mass is 10.0. The van der Waals surface area contributed by atoms with Gasteiger partial charge in [-0.1, -0.05) is 6.07 Å². The summed E-state index contributed by atoms with van der Waals surface area (Å²) in [5.41, 5.74) is 8.42. The summed E-state index contributed by atoms with van der Waals surface area (Å²) in [6, 6.07) is 7.23. The SMILES string of the molecule is Cc1cc(C(N)=O)ccc1CN(CC1CCCN1)C1CC1. The van der Waals surface area contributed by atoms with Crippen molar-refractivity contribution in [1.29, 1.82) is 0 Å². The van der Waals surface area contributed by atoms with Crippen molar-refractivity contribution in [2.45, 2.75) is 51.2 Å². The average molecular weight is 287 g/mol. The first-order chi connectivity index (χ1) is 10.1. The predicted octanol–water partition coefficient (Wildman–Crippen LogP) is 1.81. The highest BCUT2D eigenvalue weighted by Crippen LogP contribution is 2.29. The normalized spacial score (nSPS) is 21.9. The van der Waals surface area contributed by atoms with Crippen molar-refractivity contribution in [3.8, 4) is 0 Å². The van der Waals surface area contributed by atoms with Gasteiger partial charge in [0.05, 0.1) is 0 Å². The van der Waals surface area contributed by atoms with Crippen molar-refractivity contribution in [1.82, 2.24) is 10.2 Å². The summed E-state index contributed by atoms with van der Waals surface area (Å²) >= 11 is 0. The molecule has 2 fully saturated rings. The van der Waals surface area contributed by atoms with Crippen molar-refractivity contribution in [3.63, 3.8) is 0 Å². The Morgan fingerprint density at radius 2 is 2.19 bits per heavy atom. The van der Waals surface area contributed by atoms with Crippen LogP contribution in [0.3, 0.4) is 0 Å². The molecule has 0 aromatic heterocycles. The first-order valence-corrected chi connectivity index (χ1v) is 8.00. The van der Waals surface area contributed by atoms with Crippen LogP contribution in [-0.2, 0) is 6.54 Å². The number of nitrogens with zero attached hydrogens (tertiary/aromatic N) is 1. The predicted molar refractivity (Wildman–Crippen MR) is 84.2 cm³/mol. The number of rotatable bonds is 6. The fourth-order valence-corrected chi connectivity index (χ4v) is 3.22. The lowest BCUT2D eigenvalue weighted by Gasteiger charge is -2.26. The van der Waals surface area contributed by atoms with Crippen LogP contribution in [0.5, 0.6) is 0 Å². The molecule has 21 heavy (non-hydrogen) atoms. The molecule has 1 saturated heterocycles. The maximum absolute atomic E-state index is 11.2. The third-order valence-corrected chi connectivity index (χ3v) is 4.68. The molecule has 1 saturated carbocycles. The van der Waals surface area contributed by atoms with Crippen LogP contribution in [0.4, 0.5) is 0 Å². The summed E-state index contributed by atoms with van der Waals surface area (Å²) in [4.78, 5) is 13.8. The third-order valence-electron chi connectivity index (χ3n) is 4.68. The zero-order valence-electron chi connectivity index (χ0n) is 12.8. The molecule has 1 aliphatic heterocycles. The first-order valence-electron chi connectivity index (χ1n) is 8.00. The van der Waals surface area contributed by atoms with Gasteiger partial charge in [-0.2, -0.15) is 0 Å². The Morgan fingerprint density at radius 1 is 1.38 bits per heavy atom. The summed E-state index contributed by atoms with van der Waals surface area (Å²) in [6.45, 7) is 5.35. The molecule has 1 aliphatic carbocycles. The van der Waals surface area contributed by atoms with E-state index < -0.39 is 0 Å². The van der Waals surface area contributed by atoms with Crippen LogP contribution in [0.15, 0.2) is 18.2 Å². The first kappa shape index (κ1) is 14.5. The van der Waals surface area contributed by atoms with E-state index in [4.69, 9.17) is 5.73 Å². The summed E-state index contributed by atoms with van der Waals surface area (Å²) < 4.78 is 0. The van der Waals surface area contributed by atoms with Crippen LogP contribution in [0, 0.1) is 6.92 Å². The monoisotopic (exact) mass is 287 g/mol. The Kier molecular flexibility index (Phi) is 4.27. The lowest BCUT2D eigenvalue weighted by molar-refractivity contribution is 0.1000. The van der Waals surface area contributed by atoms with Gasteiger partial charge in [-0.05, 0) is 62.4 Å². The van der Waals surface area contributed by atoms with Gasteiger partial charge in [-0.15, -0.1) is 0 Å². The number of benzene rings is 1. The minimum Gasteiger partial charge on any atom is -0.366 e. The standard InChI is InChI=1S/C17H25N3O/c1-12-9-13(17(18)21)4-5-14(12)10-20(16-6-7-16)11-15-3-2-8-19-15/h4-5,9,15-16,19H,2-3,6-8,10-11H2,1H3,(H2,18,21). The quantitative estimate of drug-likeness (QED) is 0.839. The van der Waals surface area contributed by atoms with E-state index in [1.807, 2.05) is 12.1 Å². The molecule has 0 spiro atoms. The number of carbonyl (C=O) groups is 1. The molecule has 3 rings (SSSR count). The molecular formula is C17H25N3O. The van der Waals surface area contributed by atoms with Gasteiger partial charge in [0.2, 0.25) is 5.91 Å². The van der Waals surface area contributed by atoms with E-state index in [2.05, 4.69) is 23.2 Å². The molecule has 1 unspecified atom stereocenters. The van der Waals surface area contributed by atoms with Crippen LogP contribution in [0.25, 0.3) is 0 Å². The van der Waals surface area contributed by atoms with Crippen molar-refractivity contribution < 1.29 is 4.79 Å². The molecule has 1 amide bonds. The van der Waals surface area contributed by atoms with Gasteiger partial charge in [0.25, 0.3) is 0 Å². The molecule has 0 bridgehead atoms. The molecular weight excluding hydrogens is 262 g/mol. The Bertz CT molecular complexity index is 519. The number of hydrogen-bond acceptors (Lipinski definition) is 3. The largest absolute Gasteiger partial charge is 0.366 e. The van der Waals surface area contributed by atoms with Gasteiger partial charge in [0, 0.05) is 30.7 Å². The summed E-state index contributed by atoms with van der Waals surface area (Å²) in [7, 11) is 0. The van der Waals surface area contributed by atoms with Crippen LogP contribution in [0.1, 0.15) is 47.2 Å². The number of aryl methyl sites for hydroxylation is 1. The smallest absolute Gasteiger partial charge is 0.248 e. The molecule has 1 aromatic rings. The minimum absolute atomic E-state index is 0.348. The van der Waals surface area contributed by atoms with Crippen LogP contribution in [-0.4, -0.2) is 36.0 Å². The number of primary amides is 1. The van der Waals surface area contributed by atoms with E-state index in [-0.39, 0.29) is 5.91 Å². The van der Waals surface area contributed by atoms with E-state index in [0.717, 1.165) is 31.2 Å². The van der Waals surface area contributed by atoms with E-state index in [0.29, 0.717) is 11.6 Å². The highest BCUT2D eigenvalue weighted by Gasteiger charge is 2.31. The molecule has 1 atom stereocenters. The molecule has 3 N–H and O–H groups in total. The fourth-order valence-electron chi connectivity index (χ4n) is 3.22. The average Bonchev–Trinajstić information content (AvgIpc) is 3.18. The summed E-state index contributed by atoms with van der Waals surface area (Å²) in [5.74, 6) is -0.348. The second-order valence-corrected chi connectivity index (χ2v) is 6.46. The zero-order chi connectivity index (χ0) is 14.8. The molecule has 1 aromatic carbocycles. The van der Waals surface area contributed by atoms with E-state index in [1.165, 1.54) is 31.2 Å². The highest BCUT2D eigenvalue weighted by atomic mass is 16.1. The van der Waals surface area contributed by atoms with Gasteiger partial charge in [-0.25, -0.2) is 0 Å². The number of amides is 1. The fraction of sp³-hybridized carbons (Fsp3) is 0.588. The molecule has 114 valence electrons.